The Bertz CT molecular complexity index is 534. The van der Waals surface area contributed by atoms with Crippen LogP contribution in [0.1, 0.15) is 38.8 Å². The quantitative estimate of drug-likeness (QED) is 0.595. The highest BCUT2D eigenvalue weighted by Gasteiger charge is 2.12. The number of rotatable bonds is 7. The Morgan fingerprint density at radius 3 is 2.48 bits per heavy atom. The van der Waals surface area contributed by atoms with Gasteiger partial charge in [-0.05, 0) is 58.4 Å². The Balaban J connectivity index is 3.05. The second kappa shape index (κ2) is 7.72. The second-order valence-electron chi connectivity index (χ2n) is 5.16. The molecule has 1 aromatic carbocycles. The Hall–Kier alpha value is -1.97. The van der Waals surface area contributed by atoms with Crippen LogP contribution in [0, 0.1) is 12.3 Å². The van der Waals surface area contributed by atoms with Crippen LogP contribution in [-0.2, 0) is 4.74 Å². The van der Waals surface area contributed by atoms with Crippen LogP contribution >= 0.6 is 0 Å². The van der Waals surface area contributed by atoms with Gasteiger partial charge in [-0.1, -0.05) is 0 Å². The predicted molar refractivity (Wildman–Crippen MR) is 87.2 cm³/mol. The van der Waals surface area contributed by atoms with Crippen LogP contribution in [0.5, 0.6) is 5.75 Å². The molecule has 116 valence electrons. The lowest BCUT2D eigenvalue weighted by Crippen LogP contribution is -2.16. The maximum absolute atomic E-state index is 8.34. The number of ether oxygens (including phenoxy) is 2. The van der Waals surface area contributed by atoms with E-state index in [9.17, 15) is 0 Å². The van der Waals surface area contributed by atoms with Crippen molar-refractivity contribution in [1.29, 1.82) is 5.41 Å². The summed E-state index contributed by atoms with van der Waals surface area (Å²) in [5.41, 5.74) is 3.12. The van der Waals surface area contributed by atoms with Crippen molar-refractivity contribution in [3.63, 3.8) is 0 Å². The van der Waals surface area contributed by atoms with Crippen LogP contribution in [0.2, 0.25) is 0 Å². The molecule has 0 aliphatic rings. The first-order chi connectivity index (χ1) is 9.90. The van der Waals surface area contributed by atoms with Crippen molar-refractivity contribution in [2.24, 2.45) is 0 Å². The Kier molecular flexibility index (Phi) is 6.28. The fourth-order valence-corrected chi connectivity index (χ4v) is 2.03. The molecule has 0 atom stereocenters. The largest absolute Gasteiger partial charge is 0.491 e. The standard InChI is InChI=1S/C17H26N2O2/c1-7-20-17(19-6)13(5)16(18)14-8-9-15(12(4)10-14)21-11(2)3/h8-11,18-19H,7H2,1-6H3/b17-13+,18-16?. The second-order valence-corrected chi connectivity index (χ2v) is 5.16. The van der Waals surface area contributed by atoms with Crippen LogP contribution in [0.3, 0.4) is 0 Å². The fraction of sp³-hybridized carbons (Fsp3) is 0.471. The minimum Gasteiger partial charge on any atom is -0.491 e. The summed E-state index contributed by atoms with van der Waals surface area (Å²) in [6.45, 7) is 10.4. The van der Waals surface area contributed by atoms with Gasteiger partial charge in [-0.3, -0.25) is 5.41 Å². The normalized spacial score (nSPS) is 12.0. The molecule has 4 nitrogen and oxygen atoms in total. The first kappa shape index (κ1) is 17.1. The molecule has 0 aliphatic carbocycles. The molecule has 0 bridgehead atoms. The van der Waals surface area contributed by atoms with E-state index in [2.05, 4.69) is 5.32 Å². The van der Waals surface area contributed by atoms with E-state index >= 15 is 0 Å². The lowest BCUT2D eigenvalue weighted by molar-refractivity contribution is 0.208. The van der Waals surface area contributed by atoms with Crippen LogP contribution in [0.15, 0.2) is 29.7 Å². The van der Waals surface area contributed by atoms with Crippen LogP contribution in [0.25, 0.3) is 0 Å². The zero-order chi connectivity index (χ0) is 16.0. The minimum absolute atomic E-state index is 0.143. The number of nitrogens with one attached hydrogen (secondary N) is 2. The van der Waals surface area contributed by atoms with Gasteiger partial charge < -0.3 is 14.8 Å². The van der Waals surface area contributed by atoms with Gasteiger partial charge in [0.1, 0.15) is 5.75 Å². The van der Waals surface area contributed by atoms with Gasteiger partial charge in [0.15, 0.2) is 5.88 Å². The van der Waals surface area contributed by atoms with Gasteiger partial charge in [0.05, 0.1) is 18.4 Å². The van der Waals surface area contributed by atoms with Crippen molar-refractivity contribution >= 4 is 5.71 Å². The number of hydrogen-bond acceptors (Lipinski definition) is 4. The molecule has 0 aromatic heterocycles. The maximum atomic E-state index is 8.34. The third-order valence-corrected chi connectivity index (χ3v) is 3.06. The van der Waals surface area contributed by atoms with Gasteiger partial charge in [-0.25, -0.2) is 0 Å². The number of aryl methyl sites for hydroxylation is 1. The summed E-state index contributed by atoms with van der Waals surface area (Å²) in [6, 6.07) is 5.81. The molecule has 0 heterocycles. The summed E-state index contributed by atoms with van der Waals surface area (Å²) >= 11 is 0. The molecule has 0 radical (unpaired) electrons. The lowest BCUT2D eigenvalue weighted by atomic mass is 10.0. The molecule has 4 heteroatoms. The Labute approximate surface area is 127 Å². The monoisotopic (exact) mass is 290 g/mol. The van der Waals surface area contributed by atoms with E-state index in [1.165, 1.54) is 0 Å². The molecular weight excluding hydrogens is 264 g/mol. The Morgan fingerprint density at radius 2 is 2.00 bits per heavy atom. The van der Waals surface area contributed by atoms with Gasteiger partial charge in [0.2, 0.25) is 0 Å². The predicted octanol–water partition coefficient (Wildman–Crippen LogP) is 3.64. The van der Waals surface area contributed by atoms with E-state index in [1.54, 1.807) is 7.05 Å². The van der Waals surface area contributed by atoms with Crippen LogP contribution < -0.4 is 10.1 Å². The van der Waals surface area contributed by atoms with Gasteiger partial charge in [-0.15, -0.1) is 0 Å². The summed E-state index contributed by atoms with van der Waals surface area (Å²) < 4.78 is 11.2. The molecule has 0 saturated carbocycles. The third kappa shape index (κ3) is 4.52. The molecule has 1 aromatic rings. The molecule has 0 unspecified atom stereocenters. The van der Waals surface area contributed by atoms with Crippen molar-refractivity contribution in [2.45, 2.75) is 40.7 Å². The maximum Gasteiger partial charge on any atom is 0.191 e. The smallest absolute Gasteiger partial charge is 0.191 e. The first-order valence-electron chi connectivity index (χ1n) is 7.28. The fourth-order valence-electron chi connectivity index (χ4n) is 2.03. The molecule has 0 saturated heterocycles. The average molecular weight is 290 g/mol. The van der Waals surface area contributed by atoms with E-state index in [1.807, 2.05) is 52.8 Å². The van der Waals surface area contributed by atoms with Crippen molar-refractivity contribution in [1.82, 2.24) is 5.32 Å². The summed E-state index contributed by atoms with van der Waals surface area (Å²) in [5, 5.41) is 11.3. The highest BCUT2D eigenvalue weighted by molar-refractivity contribution is 6.10. The highest BCUT2D eigenvalue weighted by Crippen LogP contribution is 2.22. The van der Waals surface area contributed by atoms with Gasteiger partial charge in [0, 0.05) is 18.2 Å². The molecule has 1 rings (SSSR count). The molecule has 21 heavy (non-hydrogen) atoms. The summed E-state index contributed by atoms with van der Waals surface area (Å²) in [6.07, 6.45) is 0.143. The molecule has 0 spiro atoms. The summed E-state index contributed by atoms with van der Waals surface area (Å²) in [4.78, 5) is 0. The first-order valence-corrected chi connectivity index (χ1v) is 7.28. The zero-order valence-corrected chi connectivity index (χ0v) is 13.8. The molecular formula is C17H26N2O2. The topological polar surface area (TPSA) is 54.3 Å². The van der Waals surface area contributed by atoms with E-state index in [4.69, 9.17) is 14.9 Å². The zero-order valence-electron chi connectivity index (χ0n) is 13.8. The van der Waals surface area contributed by atoms with Crippen LogP contribution in [0.4, 0.5) is 0 Å². The van der Waals surface area contributed by atoms with E-state index in [-0.39, 0.29) is 6.10 Å². The van der Waals surface area contributed by atoms with E-state index < -0.39 is 0 Å². The summed E-state index contributed by atoms with van der Waals surface area (Å²) in [7, 11) is 1.80. The molecule has 0 aliphatic heterocycles. The van der Waals surface area contributed by atoms with E-state index in [0.29, 0.717) is 18.2 Å². The van der Waals surface area contributed by atoms with Gasteiger partial charge in [0.25, 0.3) is 0 Å². The van der Waals surface area contributed by atoms with Crippen molar-refractivity contribution < 1.29 is 9.47 Å². The summed E-state index contributed by atoms with van der Waals surface area (Å²) in [5.74, 6) is 1.50. The van der Waals surface area contributed by atoms with Gasteiger partial charge >= 0.3 is 0 Å². The SMILES string of the molecule is CCO/C(NC)=C(\C)C(=N)c1ccc(OC(C)C)c(C)c1. The van der Waals surface area contributed by atoms with Crippen LogP contribution in [-0.4, -0.2) is 25.5 Å². The number of benzene rings is 1. The van der Waals surface area contributed by atoms with Crippen molar-refractivity contribution in [2.75, 3.05) is 13.7 Å². The molecule has 0 amide bonds. The molecule has 0 fully saturated rings. The lowest BCUT2D eigenvalue weighted by Gasteiger charge is -2.15. The average Bonchev–Trinajstić information content (AvgIpc) is 2.45. The van der Waals surface area contributed by atoms with Gasteiger partial charge in [-0.2, -0.15) is 0 Å². The number of hydrogen-bond donors (Lipinski definition) is 2. The van der Waals surface area contributed by atoms with E-state index in [0.717, 1.165) is 22.4 Å². The minimum atomic E-state index is 0.143. The third-order valence-electron chi connectivity index (χ3n) is 3.06. The van der Waals surface area contributed by atoms with Crippen molar-refractivity contribution in [3.05, 3.63) is 40.8 Å². The highest BCUT2D eigenvalue weighted by atomic mass is 16.5. The number of allylic oxidation sites excluding steroid dienone is 1. The Morgan fingerprint density at radius 1 is 1.33 bits per heavy atom. The molecule has 2 N–H and O–H groups in total. The van der Waals surface area contributed by atoms with Crippen molar-refractivity contribution in [3.8, 4) is 5.75 Å².